The highest BCUT2D eigenvalue weighted by molar-refractivity contribution is 6.14. The van der Waals surface area contributed by atoms with E-state index < -0.39 is 0 Å². The van der Waals surface area contributed by atoms with Gasteiger partial charge in [-0.15, -0.1) is 0 Å². The molecule has 0 N–H and O–H groups in total. The Morgan fingerprint density at radius 3 is 2.62 bits per heavy atom. The molecule has 0 aromatic carbocycles. The predicted molar refractivity (Wildman–Crippen MR) is 43.5 cm³/mol. The largest absolute Gasteiger partial charge is 0.386 e. The molecule has 3 rings (SSSR count). The molecule has 0 radical (unpaired) electrons. The smallest absolute Gasteiger partial charge is 0.342 e. The second-order valence-corrected chi connectivity index (χ2v) is 4.26. The van der Waals surface area contributed by atoms with Gasteiger partial charge in [-0.2, -0.15) is 0 Å². The first-order chi connectivity index (χ1) is 6.18. The van der Waals surface area contributed by atoms with Crippen molar-refractivity contribution in [2.45, 2.75) is 19.8 Å². The topological polar surface area (TPSA) is 43.4 Å². The van der Waals surface area contributed by atoms with E-state index in [-0.39, 0.29) is 11.9 Å². The fraction of sp³-hybridized carbons (Fsp3) is 0.600. The number of carbonyl (C=O) groups excluding carboxylic acids is 2. The van der Waals surface area contributed by atoms with Crippen LogP contribution < -0.4 is 0 Å². The summed E-state index contributed by atoms with van der Waals surface area (Å²) in [6.07, 6.45) is 2.04. The number of cyclic esters (lactones) is 2. The van der Waals surface area contributed by atoms with Gasteiger partial charge in [0, 0.05) is 0 Å². The fourth-order valence-corrected chi connectivity index (χ4v) is 3.04. The molecule has 1 aliphatic heterocycles. The van der Waals surface area contributed by atoms with Crippen LogP contribution in [0, 0.1) is 17.8 Å². The lowest BCUT2D eigenvalue weighted by Crippen LogP contribution is -2.13. The third-order valence-electron chi connectivity index (χ3n) is 3.58. The Morgan fingerprint density at radius 2 is 1.85 bits per heavy atom. The molecule has 3 unspecified atom stereocenters. The minimum Gasteiger partial charge on any atom is -0.386 e. The van der Waals surface area contributed by atoms with Gasteiger partial charge in [-0.3, -0.25) is 0 Å². The van der Waals surface area contributed by atoms with Crippen LogP contribution in [0.3, 0.4) is 0 Å². The van der Waals surface area contributed by atoms with Crippen molar-refractivity contribution in [2.24, 2.45) is 17.8 Å². The Balaban J connectivity index is 2.14. The summed E-state index contributed by atoms with van der Waals surface area (Å²) in [5.74, 6) is 0.411. The predicted octanol–water partition coefficient (Wildman–Crippen LogP) is 1.04. The monoisotopic (exact) mass is 178 g/mol. The van der Waals surface area contributed by atoms with Crippen LogP contribution in [0.5, 0.6) is 0 Å². The molecule has 1 fully saturated rings. The van der Waals surface area contributed by atoms with Crippen LogP contribution in [0.2, 0.25) is 0 Å². The van der Waals surface area contributed by atoms with Crippen LogP contribution in [-0.2, 0) is 14.3 Å². The number of fused-ring (bicyclic) bond motifs is 4. The normalized spacial score (nSPS) is 41.5. The first-order valence-electron chi connectivity index (χ1n) is 4.69. The third kappa shape index (κ3) is 0.705. The van der Waals surface area contributed by atoms with E-state index in [0.717, 1.165) is 12.8 Å². The van der Waals surface area contributed by atoms with Gasteiger partial charge < -0.3 is 4.74 Å². The van der Waals surface area contributed by atoms with Crippen LogP contribution in [-0.4, -0.2) is 11.9 Å². The first-order valence-corrected chi connectivity index (χ1v) is 4.69. The summed E-state index contributed by atoms with van der Waals surface area (Å²) < 4.78 is 4.61. The van der Waals surface area contributed by atoms with E-state index in [4.69, 9.17) is 0 Å². The maximum atomic E-state index is 11.3. The molecule has 3 aliphatic rings. The van der Waals surface area contributed by atoms with Gasteiger partial charge in [0.15, 0.2) is 0 Å². The average molecular weight is 178 g/mol. The lowest BCUT2D eigenvalue weighted by molar-refractivity contribution is -0.151. The zero-order valence-electron chi connectivity index (χ0n) is 7.37. The fourth-order valence-electron chi connectivity index (χ4n) is 3.04. The summed E-state index contributed by atoms with van der Waals surface area (Å²) in [4.78, 5) is 22.6. The molecule has 0 aromatic heterocycles. The van der Waals surface area contributed by atoms with E-state index in [1.807, 2.05) is 0 Å². The average Bonchev–Trinajstić information content (AvgIpc) is 2.64. The summed E-state index contributed by atoms with van der Waals surface area (Å²) in [5.41, 5.74) is 1.40. The Kier molecular flexibility index (Phi) is 1.14. The van der Waals surface area contributed by atoms with E-state index in [2.05, 4.69) is 11.7 Å². The Morgan fingerprint density at radius 1 is 1.15 bits per heavy atom. The number of rotatable bonds is 0. The van der Waals surface area contributed by atoms with E-state index in [0.29, 0.717) is 28.9 Å². The van der Waals surface area contributed by atoms with Crippen LogP contribution in [0.15, 0.2) is 11.1 Å². The lowest BCUT2D eigenvalue weighted by atomic mass is 9.86. The summed E-state index contributed by atoms with van der Waals surface area (Å²) in [5, 5.41) is 0. The van der Waals surface area contributed by atoms with Crippen molar-refractivity contribution in [3.63, 3.8) is 0 Å². The standard InChI is InChI=1S/C10H10O3/c1-4-2-5-3-6(4)8-7(5)9(11)13-10(8)12/h4-6H,2-3H2,1H3. The van der Waals surface area contributed by atoms with Gasteiger partial charge in [0.2, 0.25) is 0 Å². The summed E-state index contributed by atoms with van der Waals surface area (Å²) in [6, 6.07) is 0. The molecule has 0 saturated heterocycles. The SMILES string of the molecule is CC1CC2CC1C1=C2C(=O)OC1=O. The molecule has 0 amide bonds. The summed E-state index contributed by atoms with van der Waals surface area (Å²) >= 11 is 0. The molecule has 68 valence electrons. The van der Waals surface area contributed by atoms with Crippen molar-refractivity contribution in [1.29, 1.82) is 0 Å². The number of hydrogen-bond acceptors (Lipinski definition) is 3. The molecule has 3 nitrogen and oxygen atoms in total. The number of esters is 2. The van der Waals surface area contributed by atoms with Gasteiger partial charge in [-0.05, 0) is 30.6 Å². The molecular formula is C10H10O3. The summed E-state index contributed by atoms with van der Waals surface area (Å²) in [7, 11) is 0. The molecule has 1 heterocycles. The van der Waals surface area contributed by atoms with Crippen LogP contribution in [0.25, 0.3) is 0 Å². The van der Waals surface area contributed by atoms with Crippen LogP contribution >= 0.6 is 0 Å². The molecule has 2 bridgehead atoms. The molecule has 3 atom stereocenters. The number of ether oxygens (including phenoxy) is 1. The molecule has 0 aromatic rings. The first kappa shape index (κ1) is 7.30. The lowest BCUT2D eigenvalue weighted by Gasteiger charge is -2.15. The van der Waals surface area contributed by atoms with Gasteiger partial charge in [0.25, 0.3) is 0 Å². The molecular weight excluding hydrogens is 168 g/mol. The minimum absolute atomic E-state index is 0.305. The zero-order chi connectivity index (χ0) is 9.16. The quantitative estimate of drug-likeness (QED) is 0.411. The van der Waals surface area contributed by atoms with Gasteiger partial charge in [-0.1, -0.05) is 6.92 Å². The van der Waals surface area contributed by atoms with Crippen molar-refractivity contribution >= 4 is 11.9 Å². The molecule has 0 spiro atoms. The number of carbonyl (C=O) groups is 2. The molecule has 1 saturated carbocycles. The number of hydrogen-bond donors (Lipinski definition) is 0. The zero-order valence-corrected chi connectivity index (χ0v) is 7.37. The van der Waals surface area contributed by atoms with Crippen LogP contribution in [0.4, 0.5) is 0 Å². The van der Waals surface area contributed by atoms with Gasteiger partial charge in [0.1, 0.15) is 0 Å². The van der Waals surface area contributed by atoms with Crippen molar-refractivity contribution < 1.29 is 14.3 Å². The van der Waals surface area contributed by atoms with E-state index in [1.54, 1.807) is 0 Å². The van der Waals surface area contributed by atoms with E-state index in [9.17, 15) is 9.59 Å². The van der Waals surface area contributed by atoms with Crippen molar-refractivity contribution in [1.82, 2.24) is 0 Å². The van der Waals surface area contributed by atoms with Crippen molar-refractivity contribution in [3.8, 4) is 0 Å². The Labute approximate surface area is 75.8 Å². The Bertz CT molecular complexity index is 353. The van der Waals surface area contributed by atoms with E-state index >= 15 is 0 Å². The maximum absolute atomic E-state index is 11.3. The molecule has 2 aliphatic carbocycles. The second kappa shape index (κ2) is 2.03. The van der Waals surface area contributed by atoms with E-state index in [1.165, 1.54) is 0 Å². The van der Waals surface area contributed by atoms with Gasteiger partial charge in [-0.25, -0.2) is 9.59 Å². The minimum atomic E-state index is -0.376. The van der Waals surface area contributed by atoms with Crippen LogP contribution in [0.1, 0.15) is 19.8 Å². The van der Waals surface area contributed by atoms with Crippen molar-refractivity contribution in [2.75, 3.05) is 0 Å². The molecule has 3 heteroatoms. The Hall–Kier alpha value is -1.12. The maximum Gasteiger partial charge on any atom is 0.342 e. The highest BCUT2D eigenvalue weighted by Crippen LogP contribution is 2.54. The van der Waals surface area contributed by atoms with Gasteiger partial charge in [0.05, 0.1) is 11.1 Å². The van der Waals surface area contributed by atoms with Gasteiger partial charge >= 0.3 is 11.9 Å². The molecule has 13 heavy (non-hydrogen) atoms. The van der Waals surface area contributed by atoms with Crippen molar-refractivity contribution in [3.05, 3.63) is 11.1 Å². The third-order valence-corrected chi connectivity index (χ3v) is 3.58. The second-order valence-electron chi connectivity index (χ2n) is 4.26. The summed E-state index contributed by atoms with van der Waals surface area (Å²) in [6.45, 7) is 2.14. The highest BCUT2D eigenvalue weighted by Gasteiger charge is 2.53. The highest BCUT2D eigenvalue weighted by atomic mass is 16.6.